The van der Waals surface area contributed by atoms with Crippen LogP contribution in [-0.2, 0) is 6.42 Å². The van der Waals surface area contributed by atoms with Crippen LogP contribution in [0.25, 0.3) is 10.7 Å². The quantitative estimate of drug-likeness (QED) is 0.943. The van der Waals surface area contributed by atoms with Crippen LogP contribution < -0.4 is 0 Å². The molecule has 0 aliphatic heterocycles. The van der Waals surface area contributed by atoms with Gasteiger partial charge in [-0.1, -0.05) is 5.16 Å². The minimum atomic E-state index is -0.341. The van der Waals surface area contributed by atoms with E-state index in [1.807, 2.05) is 12.1 Å². The van der Waals surface area contributed by atoms with Gasteiger partial charge in [0.05, 0.1) is 14.8 Å². The lowest BCUT2D eigenvalue weighted by Crippen LogP contribution is -2.01. The standard InChI is InChI=1S/C10H11BrN2O2S/c1-6(14)2-5-9-12-10(13-15-9)7-3-4-8(11)16-7/h3-4,6,14H,2,5H2,1H3. The smallest absolute Gasteiger partial charge is 0.227 e. The van der Waals surface area contributed by atoms with Gasteiger partial charge in [0.1, 0.15) is 0 Å². The Balaban J connectivity index is 2.07. The molecule has 0 aromatic carbocycles. The van der Waals surface area contributed by atoms with Crippen LogP contribution in [0.4, 0.5) is 0 Å². The topological polar surface area (TPSA) is 59.2 Å². The van der Waals surface area contributed by atoms with Crippen molar-refractivity contribution in [2.45, 2.75) is 25.9 Å². The molecule has 1 unspecified atom stereocenters. The van der Waals surface area contributed by atoms with Crippen LogP contribution in [0, 0.1) is 0 Å². The van der Waals surface area contributed by atoms with Crippen LogP contribution in [0.5, 0.6) is 0 Å². The van der Waals surface area contributed by atoms with Gasteiger partial charge in [-0.15, -0.1) is 11.3 Å². The van der Waals surface area contributed by atoms with Crippen molar-refractivity contribution >= 4 is 27.3 Å². The number of halogens is 1. The number of aromatic nitrogens is 2. The first kappa shape index (κ1) is 11.8. The normalized spacial score (nSPS) is 12.9. The number of hydrogen-bond acceptors (Lipinski definition) is 5. The molecule has 2 rings (SSSR count). The Hall–Kier alpha value is -0.720. The van der Waals surface area contributed by atoms with Gasteiger partial charge in [0.25, 0.3) is 0 Å². The summed E-state index contributed by atoms with van der Waals surface area (Å²) in [6, 6.07) is 3.89. The minimum Gasteiger partial charge on any atom is -0.393 e. The Morgan fingerprint density at radius 1 is 1.56 bits per heavy atom. The highest BCUT2D eigenvalue weighted by molar-refractivity contribution is 9.11. The van der Waals surface area contributed by atoms with Gasteiger partial charge >= 0.3 is 0 Å². The fraction of sp³-hybridized carbons (Fsp3) is 0.400. The Morgan fingerprint density at radius 2 is 2.38 bits per heavy atom. The molecule has 2 aromatic rings. The van der Waals surface area contributed by atoms with Crippen LogP contribution in [0.1, 0.15) is 19.2 Å². The molecule has 2 aromatic heterocycles. The number of nitrogens with zero attached hydrogens (tertiary/aromatic N) is 2. The van der Waals surface area contributed by atoms with Crippen LogP contribution in [0.2, 0.25) is 0 Å². The zero-order chi connectivity index (χ0) is 11.5. The second-order valence-corrected chi connectivity index (χ2v) is 5.97. The van der Waals surface area contributed by atoms with Crippen molar-refractivity contribution in [3.8, 4) is 10.7 Å². The van der Waals surface area contributed by atoms with Crippen LogP contribution in [0.3, 0.4) is 0 Å². The van der Waals surface area contributed by atoms with E-state index in [0.29, 0.717) is 24.6 Å². The molecule has 1 atom stereocenters. The third-order valence-corrected chi connectivity index (χ3v) is 3.66. The Labute approximate surface area is 105 Å². The summed E-state index contributed by atoms with van der Waals surface area (Å²) < 4.78 is 6.14. The zero-order valence-corrected chi connectivity index (χ0v) is 11.1. The van der Waals surface area contributed by atoms with Gasteiger partial charge in [0.2, 0.25) is 11.7 Å². The first-order valence-electron chi connectivity index (χ1n) is 4.91. The van der Waals surface area contributed by atoms with Crippen molar-refractivity contribution in [3.63, 3.8) is 0 Å². The number of rotatable bonds is 4. The van der Waals surface area contributed by atoms with Crippen LogP contribution in [-0.4, -0.2) is 21.4 Å². The predicted molar refractivity (Wildman–Crippen MR) is 65.3 cm³/mol. The summed E-state index contributed by atoms with van der Waals surface area (Å²) in [4.78, 5) is 5.24. The van der Waals surface area contributed by atoms with E-state index < -0.39 is 0 Å². The lowest BCUT2D eigenvalue weighted by molar-refractivity contribution is 0.180. The molecule has 16 heavy (non-hydrogen) atoms. The molecular formula is C10H11BrN2O2S. The second-order valence-electron chi connectivity index (χ2n) is 3.50. The van der Waals surface area contributed by atoms with E-state index >= 15 is 0 Å². The molecule has 0 radical (unpaired) electrons. The Morgan fingerprint density at radius 3 is 3.00 bits per heavy atom. The van der Waals surface area contributed by atoms with Crippen molar-refractivity contribution in [2.75, 3.05) is 0 Å². The molecule has 0 aliphatic rings. The van der Waals surface area contributed by atoms with Crippen molar-refractivity contribution in [1.82, 2.24) is 10.1 Å². The third kappa shape index (κ3) is 2.90. The van der Waals surface area contributed by atoms with E-state index in [0.717, 1.165) is 8.66 Å². The van der Waals surface area contributed by atoms with Gasteiger partial charge in [0, 0.05) is 6.42 Å². The van der Waals surface area contributed by atoms with E-state index in [1.165, 1.54) is 0 Å². The summed E-state index contributed by atoms with van der Waals surface area (Å²) in [5.74, 6) is 1.18. The molecule has 0 aliphatic carbocycles. The molecule has 0 bridgehead atoms. The van der Waals surface area contributed by atoms with Gasteiger partial charge in [-0.3, -0.25) is 0 Å². The number of hydrogen-bond donors (Lipinski definition) is 1. The zero-order valence-electron chi connectivity index (χ0n) is 8.68. The molecular weight excluding hydrogens is 292 g/mol. The Bertz CT molecular complexity index is 467. The molecule has 4 nitrogen and oxygen atoms in total. The van der Waals surface area contributed by atoms with Gasteiger partial charge < -0.3 is 9.63 Å². The monoisotopic (exact) mass is 302 g/mol. The molecule has 0 saturated heterocycles. The molecule has 1 N–H and O–H groups in total. The Kier molecular flexibility index (Phi) is 3.73. The highest BCUT2D eigenvalue weighted by Crippen LogP contribution is 2.29. The summed E-state index contributed by atoms with van der Waals surface area (Å²) in [6.07, 6.45) is 0.902. The average molecular weight is 303 g/mol. The number of aliphatic hydroxyl groups is 1. The summed E-state index contributed by atoms with van der Waals surface area (Å²) in [6.45, 7) is 1.74. The summed E-state index contributed by atoms with van der Waals surface area (Å²) in [7, 11) is 0. The summed E-state index contributed by atoms with van der Waals surface area (Å²) in [5, 5.41) is 13.0. The fourth-order valence-electron chi connectivity index (χ4n) is 1.22. The average Bonchev–Trinajstić information content (AvgIpc) is 2.83. The largest absolute Gasteiger partial charge is 0.393 e. The van der Waals surface area contributed by atoms with Crippen LogP contribution in [0.15, 0.2) is 20.4 Å². The maximum atomic E-state index is 9.15. The molecule has 6 heteroatoms. The SMILES string of the molecule is CC(O)CCc1nc(-c2ccc(Br)s2)no1. The van der Waals surface area contributed by atoms with E-state index in [1.54, 1.807) is 18.3 Å². The van der Waals surface area contributed by atoms with E-state index in [-0.39, 0.29) is 6.10 Å². The molecule has 0 spiro atoms. The van der Waals surface area contributed by atoms with Gasteiger partial charge in [-0.05, 0) is 41.4 Å². The summed E-state index contributed by atoms with van der Waals surface area (Å²) >= 11 is 4.95. The fourth-order valence-corrected chi connectivity index (χ4v) is 2.54. The maximum absolute atomic E-state index is 9.15. The molecule has 86 valence electrons. The van der Waals surface area contributed by atoms with Crippen LogP contribution >= 0.6 is 27.3 Å². The third-order valence-electron chi connectivity index (χ3n) is 2.04. The minimum absolute atomic E-state index is 0.341. The molecule has 0 amide bonds. The molecule has 0 fully saturated rings. The first-order valence-corrected chi connectivity index (χ1v) is 6.52. The van der Waals surface area contributed by atoms with E-state index in [4.69, 9.17) is 9.63 Å². The lowest BCUT2D eigenvalue weighted by Gasteiger charge is -1.98. The van der Waals surface area contributed by atoms with E-state index in [9.17, 15) is 0 Å². The van der Waals surface area contributed by atoms with Crippen molar-refractivity contribution in [1.29, 1.82) is 0 Å². The van der Waals surface area contributed by atoms with E-state index in [2.05, 4.69) is 26.1 Å². The van der Waals surface area contributed by atoms with Gasteiger partial charge in [0.15, 0.2) is 0 Å². The molecule has 0 saturated carbocycles. The van der Waals surface area contributed by atoms with Crippen molar-refractivity contribution < 1.29 is 9.63 Å². The number of aliphatic hydroxyl groups excluding tert-OH is 1. The highest BCUT2D eigenvalue weighted by atomic mass is 79.9. The van der Waals surface area contributed by atoms with Gasteiger partial charge in [-0.25, -0.2) is 0 Å². The van der Waals surface area contributed by atoms with Crippen molar-refractivity contribution in [2.24, 2.45) is 0 Å². The maximum Gasteiger partial charge on any atom is 0.227 e. The van der Waals surface area contributed by atoms with Gasteiger partial charge in [-0.2, -0.15) is 4.98 Å². The summed E-state index contributed by atoms with van der Waals surface area (Å²) in [5.41, 5.74) is 0. The molecule has 2 heterocycles. The number of thiophene rings is 1. The lowest BCUT2D eigenvalue weighted by atomic mass is 10.2. The second kappa shape index (κ2) is 5.07. The predicted octanol–water partition coefficient (Wildman–Crippen LogP) is 2.87. The highest BCUT2D eigenvalue weighted by Gasteiger charge is 2.11. The van der Waals surface area contributed by atoms with Crippen molar-refractivity contribution in [3.05, 3.63) is 21.8 Å². The number of aryl methyl sites for hydroxylation is 1. The first-order chi connectivity index (χ1) is 7.65.